The maximum absolute atomic E-state index is 4.29. The molecule has 1 atom stereocenters. The summed E-state index contributed by atoms with van der Waals surface area (Å²) in [6.07, 6.45) is 2.30. The van der Waals surface area contributed by atoms with Gasteiger partial charge in [0.15, 0.2) is 0 Å². The second kappa shape index (κ2) is 1.81. The summed E-state index contributed by atoms with van der Waals surface area (Å²) in [6.45, 7) is 4.13. The molecule has 0 aromatic carbocycles. The molecule has 54 valence electrons. The third-order valence-electron chi connectivity index (χ3n) is 2.01. The van der Waals surface area contributed by atoms with Crippen molar-refractivity contribution in [3.8, 4) is 0 Å². The molecule has 10 heavy (non-hydrogen) atoms. The minimum Gasteiger partial charge on any atom is -0.247 e. The van der Waals surface area contributed by atoms with E-state index in [0.29, 0.717) is 6.04 Å². The van der Waals surface area contributed by atoms with Crippen LogP contribution in [0, 0.1) is 6.92 Å². The van der Waals surface area contributed by atoms with Crippen LogP contribution in [0.1, 0.15) is 31.0 Å². The van der Waals surface area contributed by atoms with Gasteiger partial charge in [-0.2, -0.15) is 5.10 Å². The van der Waals surface area contributed by atoms with Gasteiger partial charge in [0.05, 0.1) is 6.04 Å². The van der Waals surface area contributed by atoms with Gasteiger partial charge in [-0.05, 0) is 20.3 Å². The van der Waals surface area contributed by atoms with Crippen LogP contribution in [0.15, 0.2) is 0 Å². The second-order valence-electron chi connectivity index (χ2n) is 2.91. The number of aromatic nitrogens is 3. The van der Waals surface area contributed by atoms with E-state index in [9.17, 15) is 0 Å². The van der Waals surface area contributed by atoms with Gasteiger partial charge in [0, 0.05) is 6.42 Å². The Kier molecular flexibility index (Phi) is 1.07. The van der Waals surface area contributed by atoms with E-state index in [4.69, 9.17) is 0 Å². The van der Waals surface area contributed by atoms with Crippen LogP contribution in [-0.4, -0.2) is 14.8 Å². The summed E-state index contributed by atoms with van der Waals surface area (Å²) >= 11 is 0. The van der Waals surface area contributed by atoms with E-state index in [0.717, 1.165) is 18.1 Å². The summed E-state index contributed by atoms with van der Waals surface area (Å²) in [5.41, 5.74) is 0. The molecule has 1 aliphatic rings. The summed E-state index contributed by atoms with van der Waals surface area (Å²) in [5.74, 6) is 2.06. The van der Waals surface area contributed by atoms with Gasteiger partial charge < -0.3 is 0 Å². The summed E-state index contributed by atoms with van der Waals surface area (Å²) < 4.78 is 2.04. The highest BCUT2D eigenvalue weighted by atomic mass is 15.4. The van der Waals surface area contributed by atoms with Crippen LogP contribution in [0.2, 0.25) is 0 Å². The Balaban J connectivity index is 2.49. The Morgan fingerprint density at radius 2 is 2.40 bits per heavy atom. The zero-order chi connectivity index (χ0) is 7.14. The number of hydrogen-bond acceptors (Lipinski definition) is 2. The normalized spacial score (nSPS) is 23.2. The maximum Gasteiger partial charge on any atom is 0.147 e. The number of nitrogens with zero attached hydrogens (tertiary/aromatic N) is 3. The minimum atomic E-state index is 0.566. The van der Waals surface area contributed by atoms with Gasteiger partial charge in [-0.1, -0.05) is 0 Å². The highest BCUT2D eigenvalue weighted by molar-refractivity contribution is 4.98. The SMILES string of the molecule is Cc1nc2n(n1)[C@@H](C)CC2. The fourth-order valence-electron chi connectivity index (χ4n) is 1.46. The third-order valence-corrected chi connectivity index (χ3v) is 2.01. The fourth-order valence-corrected chi connectivity index (χ4v) is 1.46. The van der Waals surface area contributed by atoms with Gasteiger partial charge in [-0.15, -0.1) is 0 Å². The first kappa shape index (κ1) is 5.89. The Labute approximate surface area is 60.1 Å². The van der Waals surface area contributed by atoms with Crippen LogP contribution in [0.25, 0.3) is 0 Å². The molecule has 2 heterocycles. The molecule has 0 bridgehead atoms. The van der Waals surface area contributed by atoms with E-state index in [1.165, 1.54) is 6.42 Å². The Morgan fingerprint density at radius 1 is 1.60 bits per heavy atom. The molecule has 0 spiro atoms. The van der Waals surface area contributed by atoms with Gasteiger partial charge >= 0.3 is 0 Å². The highest BCUT2D eigenvalue weighted by Gasteiger charge is 2.20. The first-order valence-corrected chi connectivity index (χ1v) is 3.69. The third kappa shape index (κ3) is 0.664. The molecule has 0 fully saturated rings. The van der Waals surface area contributed by atoms with E-state index >= 15 is 0 Å². The lowest BCUT2D eigenvalue weighted by Gasteiger charge is -2.00. The predicted octanol–water partition coefficient (Wildman–Crippen LogP) is 1.09. The lowest BCUT2D eigenvalue weighted by molar-refractivity contribution is 0.518. The number of rotatable bonds is 0. The molecule has 1 aliphatic heterocycles. The Hall–Kier alpha value is -0.860. The fraction of sp³-hybridized carbons (Fsp3) is 0.714. The van der Waals surface area contributed by atoms with E-state index in [1.54, 1.807) is 0 Å². The first-order chi connectivity index (χ1) is 4.77. The van der Waals surface area contributed by atoms with Crippen molar-refractivity contribution in [2.45, 2.75) is 32.7 Å². The average molecular weight is 137 g/mol. The van der Waals surface area contributed by atoms with Crippen LogP contribution in [0.5, 0.6) is 0 Å². The van der Waals surface area contributed by atoms with Gasteiger partial charge in [0.2, 0.25) is 0 Å². The predicted molar refractivity (Wildman–Crippen MR) is 37.8 cm³/mol. The number of fused-ring (bicyclic) bond motifs is 1. The zero-order valence-corrected chi connectivity index (χ0v) is 6.33. The minimum absolute atomic E-state index is 0.566. The maximum atomic E-state index is 4.29. The molecule has 1 aromatic rings. The number of hydrogen-bond donors (Lipinski definition) is 0. The molecule has 0 saturated heterocycles. The molecule has 3 heteroatoms. The van der Waals surface area contributed by atoms with Crippen molar-refractivity contribution in [3.05, 3.63) is 11.6 Å². The van der Waals surface area contributed by atoms with Gasteiger partial charge in [0.25, 0.3) is 0 Å². The molecule has 0 radical (unpaired) electrons. The average Bonchev–Trinajstić information content (AvgIpc) is 2.35. The zero-order valence-electron chi connectivity index (χ0n) is 6.33. The molecule has 0 unspecified atom stereocenters. The lowest BCUT2D eigenvalue weighted by Crippen LogP contribution is -2.00. The van der Waals surface area contributed by atoms with Crippen LogP contribution in [-0.2, 0) is 6.42 Å². The van der Waals surface area contributed by atoms with Crippen LogP contribution < -0.4 is 0 Å². The van der Waals surface area contributed by atoms with Crippen molar-refractivity contribution in [2.75, 3.05) is 0 Å². The van der Waals surface area contributed by atoms with E-state index in [2.05, 4.69) is 17.0 Å². The van der Waals surface area contributed by atoms with E-state index in [-0.39, 0.29) is 0 Å². The van der Waals surface area contributed by atoms with Crippen molar-refractivity contribution in [1.29, 1.82) is 0 Å². The van der Waals surface area contributed by atoms with Crippen molar-refractivity contribution in [1.82, 2.24) is 14.8 Å². The monoisotopic (exact) mass is 137 g/mol. The Bertz CT molecular complexity index is 251. The summed E-state index contributed by atoms with van der Waals surface area (Å²) in [5, 5.41) is 4.28. The second-order valence-corrected chi connectivity index (χ2v) is 2.91. The Morgan fingerprint density at radius 3 is 3.10 bits per heavy atom. The molecule has 0 aliphatic carbocycles. The van der Waals surface area contributed by atoms with E-state index in [1.807, 2.05) is 11.6 Å². The topological polar surface area (TPSA) is 30.7 Å². The molecular formula is C7H11N3. The molecule has 0 amide bonds. The summed E-state index contributed by atoms with van der Waals surface area (Å²) in [6, 6.07) is 0.566. The van der Waals surface area contributed by atoms with Crippen molar-refractivity contribution < 1.29 is 0 Å². The van der Waals surface area contributed by atoms with Gasteiger partial charge in [-0.25, -0.2) is 9.67 Å². The van der Waals surface area contributed by atoms with Crippen molar-refractivity contribution in [3.63, 3.8) is 0 Å². The molecule has 2 rings (SSSR count). The van der Waals surface area contributed by atoms with Crippen LogP contribution in [0.3, 0.4) is 0 Å². The lowest BCUT2D eigenvalue weighted by atomic mass is 10.2. The van der Waals surface area contributed by atoms with Gasteiger partial charge in [-0.3, -0.25) is 0 Å². The first-order valence-electron chi connectivity index (χ1n) is 3.69. The van der Waals surface area contributed by atoms with Crippen molar-refractivity contribution >= 4 is 0 Å². The van der Waals surface area contributed by atoms with Crippen molar-refractivity contribution in [2.24, 2.45) is 0 Å². The van der Waals surface area contributed by atoms with E-state index < -0.39 is 0 Å². The molecule has 0 N–H and O–H groups in total. The van der Waals surface area contributed by atoms with Crippen LogP contribution >= 0.6 is 0 Å². The number of aryl methyl sites for hydroxylation is 2. The summed E-state index contributed by atoms with van der Waals surface area (Å²) in [7, 11) is 0. The standard InChI is InChI=1S/C7H11N3/c1-5-3-4-7-8-6(2)9-10(5)7/h5H,3-4H2,1-2H3/t5-/m0/s1. The molecule has 0 saturated carbocycles. The highest BCUT2D eigenvalue weighted by Crippen LogP contribution is 2.22. The largest absolute Gasteiger partial charge is 0.247 e. The van der Waals surface area contributed by atoms with Crippen LogP contribution in [0.4, 0.5) is 0 Å². The molecule has 1 aromatic heterocycles. The summed E-state index contributed by atoms with van der Waals surface area (Å²) in [4.78, 5) is 4.29. The quantitative estimate of drug-likeness (QED) is 0.536. The smallest absolute Gasteiger partial charge is 0.147 e. The molecule has 3 nitrogen and oxygen atoms in total. The molecular weight excluding hydrogens is 126 g/mol. The van der Waals surface area contributed by atoms with Gasteiger partial charge in [0.1, 0.15) is 11.6 Å².